The molecule has 0 saturated carbocycles. The molecule has 3 rings (SSSR count). The van der Waals surface area contributed by atoms with Crippen LogP contribution in [-0.4, -0.2) is 10.1 Å². The van der Waals surface area contributed by atoms with Crippen molar-refractivity contribution in [3.8, 4) is 21.8 Å². The van der Waals surface area contributed by atoms with Gasteiger partial charge in [0.05, 0.1) is 17.2 Å². The van der Waals surface area contributed by atoms with Gasteiger partial charge in [0.1, 0.15) is 5.01 Å². The first-order chi connectivity index (χ1) is 9.38. The Hall–Kier alpha value is -1.97. The standard InChI is InChI=1S/C16H13NOS/c18-11-14-15(12-7-3-1-4-8-12)17-16(19-14)13-9-5-2-6-10-13/h1-10,18H,11H2. The van der Waals surface area contributed by atoms with Gasteiger partial charge in [0, 0.05) is 11.1 Å². The van der Waals surface area contributed by atoms with Crippen LogP contribution < -0.4 is 0 Å². The van der Waals surface area contributed by atoms with Crippen LogP contribution in [0.5, 0.6) is 0 Å². The van der Waals surface area contributed by atoms with E-state index in [1.54, 1.807) is 11.3 Å². The average molecular weight is 267 g/mol. The fourth-order valence-corrected chi connectivity index (χ4v) is 2.93. The Kier molecular flexibility index (Phi) is 3.40. The van der Waals surface area contributed by atoms with Gasteiger partial charge in [0.2, 0.25) is 0 Å². The predicted molar refractivity (Wildman–Crippen MR) is 78.9 cm³/mol. The van der Waals surface area contributed by atoms with E-state index in [-0.39, 0.29) is 6.61 Å². The van der Waals surface area contributed by atoms with Gasteiger partial charge < -0.3 is 5.11 Å². The highest BCUT2D eigenvalue weighted by molar-refractivity contribution is 7.15. The lowest BCUT2D eigenvalue weighted by molar-refractivity contribution is 0.286. The summed E-state index contributed by atoms with van der Waals surface area (Å²) in [6, 6.07) is 20.0. The molecule has 1 heterocycles. The van der Waals surface area contributed by atoms with Crippen molar-refractivity contribution in [3.05, 3.63) is 65.5 Å². The van der Waals surface area contributed by atoms with Gasteiger partial charge in [-0.1, -0.05) is 60.7 Å². The predicted octanol–water partition coefficient (Wildman–Crippen LogP) is 3.97. The highest BCUT2D eigenvalue weighted by atomic mass is 32.1. The summed E-state index contributed by atoms with van der Waals surface area (Å²) in [7, 11) is 0. The minimum atomic E-state index is 0.0225. The van der Waals surface area contributed by atoms with Gasteiger partial charge in [-0.05, 0) is 0 Å². The topological polar surface area (TPSA) is 33.1 Å². The quantitative estimate of drug-likeness (QED) is 0.779. The van der Waals surface area contributed by atoms with E-state index in [0.717, 1.165) is 26.7 Å². The van der Waals surface area contributed by atoms with Gasteiger partial charge in [0.15, 0.2) is 0 Å². The van der Waals surface area contributed by atoms with Crippen molar-refractivity contribution in [3.63, 3.8) is 0 Å². The van der Waals surface area contributed by atoms with Crippen LogP contribution in [0.2, 0.25) is 0 Å². The van der Waals surface area contributed by atoms with Crippen molar-refractivity contribution in [2.45, 2.75) is 6.61 Å². The highest BCUT2D eigenvalue weighted by Crippen LogP contribution is 2.33. The molecule has 3 aromatic rings. The maximum Gasteiger partial charge on any atom is 0.124 e. The second-order valence-corrected chi connectivity index (χ2v) is 5.26. The fourth-order valence-electron chi connectivity index (χ4n) is 1.98. The van der Waals surface area contributed by atoms with E-state index >= 15 is 0 Å². The van der Waals surface area contributed by atoms with Crippen molar-refractivity contribution in [2.75, 3.05) is 0 Å². The van der Waals surface area contributed by atoms with Gasteiger partial charge in [0.25, 0.3) is 0 Å². The first-order valence-corrected chi connectivity index (χ1v) is 6.91. The number of rotatable bonds is 3. The minimum absolute atomic E-state index is 0.0225. The fraction of sp³-hybridized carbons (Fsp3) is 0.0625. The summed E-state index contributed by atoms with van der Waals surface area (Å²) in [5.74, 6) is 0. The second kappa shape index (κ2) is 5.34. The molecule has 0 saturated heterocycles. The number of hydrogen-bond acceptors (Lipinski definition) is 3. The van der Waals surface area contributed by atoms with Crippen molar-refractivity contribution in [2.24, 2.45) is 0 Å². The third kappa shape index (κ3) is 2.43. The average Bonchev–Trinajstić information content (AvgIpc) is 2.93. The highest BCUT2D eigenvalue weighted by Gasteiger charge is 2.13. The van der Waals surface area contributed by atoms with E-state index in [4.69, 9.17) is 0 Å². The summed E-state index contributed by atoms with van der Waals surface area (Å²) in [6.45, 7) is 0.0225. The van der Waals surface area contributed by atoms with Crippen LogP contribution in [0.4, 0.5) is 0 Å². The molecule has 2 aromatic carbocycles. The molecule has 3 heteroatoms. The van der Waals surface area contributed by atoms with Gasteiger partial charge in [-0.2, -0.15) is 0 Å². The number of aromatic nitrogens is 1. The van der Waals surface area contributed by atoms with Crippen LogP contribution in [0.15, 0.2) is 60.7 Å². The van der Waals surface area contributed by atoms with Gasteiger partial charge in [-0.25, -0.2) is 4.98 Å². The number of hydrogen-bond donors (Lipinski definition) is 1. The molecule has 0 bridgehead atoms. The number of aliphatic hydroxyl groups excluding tert-OH is 1. The van der Waals surface area contributed by atoms with Crippen molar-refractivity contribution in [1.29, 1.82) is 0 Å². The molecule has 0 fully saturated rings. The Morgan fingerprint density at radius 3 is 2.00 bits per heavy atom. The molecule has 94 valence electrons. The summed E-state index contributed by atoms with van der Waals surface area (Å²) in [5.41, 5.74) is 3.02. The Labute approximate surface area is 116 Å². The Bertz CT molecular complexity index is 662. The van der Waals surface area contributed by atoms with E-state index in [1.807, 2.05) is 60.7 Å². The van der Waals surface area contributed by atoms with Crippen molar-refractivity contribution in [1.82, 2.24) is 4.98 Å². The third-order valence-corrected chi connectivity index (χ3v) is 4.00. The number of benzene rings is 2. The first kappa shape index (κ1) is 12.1. The smallest absolute Gasteiger partial charge is 0.124 e. The summed E-state index contributed by atoms with van der Waals surface area (Å²) < 4.78 is 0. The lowest BCUT2D eigenvalue weighted by Gasteiger charge is -1.98. The molecule has 19 heavy (non-hydrogen) atoms. The molecular weight excluding hydrogens is 254 g/mol. The summed E-state index contributed by atoms with van der Waals surface area (Å²) in [5, 5.41) is 10.5. The van der Waals surface area contributed by atoms with Gasteiger partial charge >= 0.3 is 0 Å². The summed E-state index contributed by atoms with van der Waals surface area (Å²) >= 11 is 1.55. The summed E-state index contributed by atoms with van der Waals surface area (Å²) in [4.78, 5) is 5.59. The summed E-state index contributed by atoms with van der Waals surface area (Å²) in [6.07, 6.45) is 0. The molecule has 2 nitrogen and oxygen atoms in total. The van der Waals surface area contributed by atoms with E-state index in [1.165, 1.54) is 0 Å². The maximum absolute atomic E-state index is 9.51. The van der Waals surface area contributed by atoms with Crippen molar-refractivity contribution < 1.29 is 5.11 Å². The second-order valence-electron chi connectivity index (χ2n) is 4.18. The van der Waals surface area contributed by atoms with Crippen LogP contribution in [0.1, 0.15) is 4.88 Å². The molecule has 0 radical (unpaired) electrons. The molecule has 0 spiro atoms. The Balaban J connectivity index is 2.09. The van der Waals surface area contributed by atoms with Gasteiger partial charge in [-0.15, -0.1) is 11.3 Å². The van der Waals surface area contributed by atoms with Crippen LogP contribution >= 0.6 is 11.3 Å². The largest absolute Gasteiger partial charge is 0.391 e. The minimum Gasteiger partial charge on any atom is -0.391 e. The lowest BCUT2D eigenvalue weighted by atomic mass is 10.1. The van der Waals surface area contributed by atoms with Crippen molar-refractivity contribution >= 4 is 11.3 Å². The van der Waals surface area contributed by atoms with Gasteiger partial charge in [-0.3, -0.25) is 0 Å². The maximum atomic E-state index is 9.51. The Morgan fingerprint density at radius 2 is 1.42 bits per heavy atom. The zero-order valence-electron chi connectivity index (χ0n) is 10.3. The Morgan fingerprint density at radius 1 is 0.842 bits per heavy atom. The molecular formula is C16H13NOS. The van der Waals surface area contributed by atoms with Crippen LogP contribution in [-0.2, 0) is 6.61 Å². The molecule has 0 unspecified atom stereocenters. The van der Waals surface area contributed by atoms with Crippen LogP contribution in [0.3, 0.4) is 0 Å². The molecule has 0 aliphatic rings. The molecule has 0 aliphatic carbocycles. The van der Waals surface area contributed by atoms with E-state index < -0.39 is 0 Å². The molecule has 0 aliphatic heterocycles. The van der Waals surface area contributed by atoms with E-state index in [0.29, 0.717) is 0 Å². The molecule has 1 aromatic heterocycles. The molecule has 0 atom stereocenters. The normalized spacial score (nSPS) is 10.6. The number of aliphatic hydroxyl groups is 1. The zero-order chi connectivity index (χ0) is 13.1. The SMILES string of the molecule is OCc1sc(-c2ccccc2)nc1-c1ccccc1. The van der Waals surface area contributed by atoms with Crippen LogP contribution in [0.25, 0.3) is 21.8 Å². The number of thiazole rings is 1. The molecule has 0 amide bonds. The first-order valence-electron chi connectivity index (χ1n) is 6.10. The van der Waals surface area contributed by atoms with Crippen LogP contribution in [0, 0.1) is 0 Å². The van der Waals surface area contributed by atoms with E-state index in [9.17, 15) is 5.11 Å². The number of nitrogens with zero attached hydrogens (tertiary/aromatic N) is 1. The third-order valence-electron chi connectivity index (χ3n) is 2.91. The van der Waals surface area contributed by atoms with E-state index in [2.05, 4.69) is 4.98 Å². The molecule has 1 N–H and O–H groups in total. The zero-order valence-corrected chi connectivity index (χ0v) is 11.1. The lowest BCUT2D eigenvalue weighted by Crippen LogP contribution is -1.84. The monoisotopic (exact) mass is 267 g/mol.